The van der Waals surface area contributed by atoms with Gasteiger partial charge in [0.25, 0.3) is 5.56 Å². The SMILES string of the molecule is COCCN(C)Cc1ccc2c(c1)CCC(n1ccc(OCc3ccc(Cl)cn3)cc1=O)=C2. The topological polar surface area (TPSA) is 56.6 Å². The number of aromatic nitrogens is 2. The second-order valence-electron chi connectivity index (χ2n) is 8.23. The van der Waals surface area contributed by atoms with E-state index in [4.69, 9.17) is 21.1 Å². The molecule has 0 N–H and O–H groups in total. The van der Waals surface area contributed by atoms with E-state index in [-0.39, 0.29) is 12.2 Å². The van der Waals surface area contributed by atoms with Gasteiger partial charge >= 0.3 is 0 Å². The van der Waals surface area contributed by atoms with E-state index in [1.54, 1.807) is 36.2 Å². The van der Waals surface area contributed by atoms with Gasteiger partial charge in [-0.1, -0.05) is 29.8 Å². The first-order valence-electron chi connectivity index (χ1n) is 11.0. The minimum Gasteiger partial charge on any atom is -0.487 e. The van der Waals surface area contributed by atoms with Crippen LogP contribution in [0.25, 0.3) is 11.8 Å². The summed E-state index contributed by atoms with van der Waals surface area (Å²) in [5, 5.41) is 0.578. The molecule has 0 saturated heterocycles. The Morgan fingerprint density at radius 2 is 2.03 bits per heavy atom. The summed E-state index contributed by atoms with van der Waals surface area (Å²) in [6, 6.07) is 13.5. The van der Waals surface area contributed by atoms with Gasteiger partial charge < -0.3 is 9.47 Å². The molecule has 2 aromatic heterocycles. The lowest BCUT2D eigenvalue weighted by molar-refractivity contribution is 0.158. The number of hydrogen-bond acceptors (Lipinski definition) is 5. The fraction of sp³-hybridized carbons (Fsp3) is 0.308. The van der Waals surface area contributed by atoms with Crippen molar-refractivity contribution in [3.05, 3.63) is 92.6 Å². The summed E-state index contributed by atoms with van der Waals surface area (Å²) in [7, 11) is 3.82. The van der Waals surface area contributed by atoms with Gasteiger partial charge in [0.15, 0.2) is 0 Å². The largest absolute Gasteiger partial charge is 0.487 e. The van der Waals surface area contributed by atoms with Crippen LogP contribution in [-0.4, -0.2) is 41.8 Å². The van der Waals surface area contributed by atoms with Gasteiger partial charge in [0.1, 0.15) is 12.4 Å². The lowest BCUT2D eigenvalue weighted by Gasteiger charge is -2.21. The molecular weight excluding hydrogens is 438 g/mol. The molecule has 0 radical (unpaired) electrons. The van der Waals surface area contributed by atoms with E-state index in [9.17, 15) is 4.79 Å². The van der Waals surface area contributed by atoms with Crippen molar-refractivity contribution in [2.45, 2.75) is 26.0 Å². The number of fused-ring (bicyclic) bond motifs is 1. The number of pyridine rings is 2. The van der Waals surface area contributed by atoms with E-state index in [0.29, 0.717) is 10.8 Å². The normalized spacial score (nSPS) is 13.0. The third-order valence-corrected chi connectivity index (χ3v) is 5.91. The average Bonchev–Trinajstić information content (AvgIpc) is 2.82. The van der Waals surface area contributed by atoms with Crippen molar-refractivity contribution < 1.29 is 9.47 Å². The fourth-order valence-electron chi connectivity index (χ4n) is 3.89. The van der Waals surface area contributed by atoms with Gasteiger partial charge in [-0.2, -0.15) is 0 Å². The van der Waals surface area contributed by atoms with E-state index in [0.717, 1.165) is 43.9 Å². The number of ether oxygens (including phenoxy) is 2. The monoisotopic (exact) mass is 465 g/mol. The van der Waals surface area contributed by atoms with Crippen molar-refractivity contribution in [2.24, 2.45) is 0 Å². The Bertz CT molecular complexity index is 1190. The molecule has 172 valence electrons. The molecule has 3 aromatic rings. The number of methoxy groups -OCH3 is 1. The fourth-order valence-corrected chi connectivity index (χ4v) is 4.01. The van der Waals surface area contributed by atoms with Crippen LogP contribution in [0.3, 0.4) is 0 Å². The first-order chi connectivity index (χ1) is 16.0. The van der Waals surface area contributed by atoms with Gasteiger partial charge in [0.05, 0.1) is 17.3 Å². The summed E-state index contributed by atoms with van der Waals surface area (Å²) in [6.45, 7) is 2.79. The Labute approximate surface area is 199 Å². The number of likely N-dealkylation sites (N-methyl/N-ethyl adjacent to an activating group) is 1. The van der Waals surface area contributed by atoms with Crippen LogP contribution in [0.1, 0.15) is 28.8 Å². The smallest absolute Gasteiger partial charge is 0.258 e. The Morgan fingerprint density at radius 3 is 2.79 bits per heavy atom. The van der Waals surface area contributed by atoms with Crippen LogP contribution in [0.2, 0.25) is 5.02 Å². The first kappa shape index (κ1) is 23.2. The molecule has 4 rings (SSSR count). The van der Waals surface area contributed by atoms with Crippen LogP contribution < -0.4 is 10.3 Å². The van der Waals surface area contributed by atoms with E-state index >= 15 is 0 Å². The van der Waals surface area contributed by atoms with Crippen molar-refractivity contribution in [3.8, 4) is 5.75 Å². The van der Waals surface area contributed by atoms with E-state index in [1.165, 1.54) is 22.8 Å². The van der Waals surface area contributed by atoms with Crippen LogP contribution in [0, 0.1) is 0 Å². The molecule has 6 nitrogen and oxygen atoms in total. The molecule has 1 aliphatic rings. The molecule has 0 atom stereocenters. The summed E-state index contributed by atoms with van der Waals surface area (Å²) in [5.41, 5.74) is 5.41. The molecule has 0 bridgehead atoms. The standard InChI is InChI=1S/C26H28ClN3O3/c1-29(11-12-32-2)17-19-3-4-21-14-24(8-5-20(21)13-19)30-10-9-25(15-26(30)31)33-18-23-7-6-22(27)16-28-23/h3-4,6-7,9-10,13-16H,5,8,11-12,17-18H2,1-2H3. The molecule has 0 amide bonds. The van der Waals surface area contributed by atoms with Gasteiger partial charge in [-0.05, 0) is 60.9 Å². The molecule has 33 heavy (non-hydrogen) atoms. The predicted molar refractivity (Wildman–Crippen MR) is 131 cm³/mol. The van der Waals surface area contributed by atoms with Gasteiger partial charge in [0, 0.05) is 44.4 Å². The number of hydrogen-bond donors (Lipinski definition) is 0. The van der Waals surface area contributed by atoms with Crippen LogP contribution in [-0.2, 0) is 24.3 Å². The number of halogens is 1. The number of aryl methyl sites for hydroxylation is 1. The Balaban J connectivity index is 1.44. The molecule has 2 heterocycles. The molecular formula is C26H28ClN3O3. The van der Waals surface area contributed by atoms with Gasteiger partial charge in [0.2, 0.25) is 0 Å². The molecule has 0 fully saturated rings. The maximum Gasteiger partial charge on any atom is 0.258 e. The van der Waals surface area contributed by atoms with Crippen LogP contribution in [0.15, 0.2) is 59.7 Å². The third-order valence-electron chi connectivity index (χ3n) is 5.69. The lowest BCUT2D eigenvalue weighted by atomic mass is 9.93. The van der Waals surface area contributed by atoms with E-state index in [2.05, 4.69) is 41.2 Å². The third kappa shape index (κ3) is 6.11. The highest BCUT2D eigenvalue weighted by Gasteiger charge is 2.14. The highest BCUT2D eigenvalue weighted by Crippen LogP contribution is 2.27. The van der Waals surface area contributed by atoms with Crippen molar-refractivity contribution in [1.29, 1.82) is 0 Å². The minimum atomic E-state index is -0.109. The summed E-state index contributed by atoms with van der Waals surface area (Å²) < 4.78 is 12.6. The van der Waals surface area contributed by atoms with Gasteiger partial charge in [-0.3, -0.25) is 19.2 Å². The van der Waals surface area contributed by atoms with Crippen molar-refractivity contribution in [1.82, 2.24) is 14.5 Å². The molecule has 0 spiro atoms. The van der Waals surface area contributed by atoms with Crippen LogP contribution in [0.5, 0.6) is 5.75 Å². The summed E-state index contributed by atoms with van der Waals surface area (Å²) in [4.78, 5) is 19.2. The van der Waals surface area contributed by atoms with Gasteiger partial charge in [-0.15, -0.1) is 0 Å². The maximum absolute atomic E-state index is 12.8. The average molecular weight is 466 g/mol. The zero-order chi connectivity index (χ0) is 23.2. The second-order valence-corrected chi connectivity index (χ2v) is 8.66. The lowest BCUT2D eigenvalue weighted by Crippen LogP contribution is -2.22. The van der Waals surface area contributed by atoms with E-state index in [1.807, 2.05) is 6.07 Å². The Kier molecular flexibility index (Phi) is 7.60. The van der Waals surface area contributed by atoms with Crippen LogP contribution in [0.4, 0.5) is 0 Å². The molecule has 1 aromatic carbocycles. The van der Waals surface area contributed by atoms with Crippen molar-refractivity contribution >= 4 is 23.4 Å². The molecule has 7 heteroatoms. The number of nitrogens with zero attached hydrogens (tertiary/aromatic N) is 3. The number of rotatable bonds is 9. The Morgan fingerprint density at radius 1 is 1.15 bits per heavy atom. The highest BCUT2D eigenvalue weighted by atomic mass is 35.5. The number of benzene rings is 1. The molecule has 0 aliphatic heterocycles. The second kappa shape index (κ2) is 10.8. The quantitative estimate of drug-likeness (QED) is 0.465. The molecule has 1 aliphatic carbocycles. The van der Waals surface area contributed by atoms with Crippen molar-refractivity contribution in [3.63, 3.8) is 0 Å². The summed E-state index contributed by atoms with van der Waals surface area (Å²) in [6.07, 6.45) is 7.18. The van der Waals surface area contributed by atoms with E-state index < -0.39 is 0 Å². The maximum atomic E-state index is 12.8. The molecule has 0 unspecified atom stereocenters. The minimum absolute atomic E-state index is 0.109. The summed E-state index contributed by atoms with van der Waals surface area (Å²) in [5.74, 6) is 0.520. The van der Waals surface area contributed by atoms with Gasteiger partial charge in [-0.25, -0.2) is 0 Å². The highest BCUT2D eigenvalue weighted by molar-refractivity contribution is 6.30. The summed E-state index contributed by atoms with van der Waals surface area (Å²) >= 11 is 5.86. The zero-order valence-corrected chi connectivity index (χ0v) is 19.7. The Hall–Kier alpha value is -2.93. The predicted octanol–water partition coefficient (Wildman–Crippen LogP) is 4.50. The zero-order valence-electron chi connectivity index (χ0n) is 19.0. The van der Waals surface area contributed by atoms with Crippen LogP contribution >= 0.6 is 11.6 Å². The van der Waals surface area contributed by atoms with Crippen molar-refractivity contribution in [2.75, 3.05) is 27.3 Å². The molecule has 0 saturated carbocycles. The first-order valence-corrected chi connectivity index (χ1v) is 11.4. The number of allylic oxidation sites excluding steroid dienone is 1.